The standard InChI is InChI=1S/C28H30F2N4O5S/c29-23-10-6-20(7-11-23)16-25(27(35)31-17-22-4-3-14-33(37)18-22)32-28(36)26-5-1-2-15-34(26)40(38,39)19-21-8-12-24(30)13-9-21/h3-4,6-14,18,25-26H,1-2,5,15-17,19H2,(H,31,35)(H,32,36)/t25-,26-/m0/s1. The summed E-state index contributed by atoms with van der Waals surface area (Å²) in [6.45, 7) is 0.166. The number of hydrogen-bond donors (Lipinski definition) is 2. The van der Waals surface area contributed by atoms with E-state index in [4.69, 9.17) is 0 Å². The maximum Gasteiger partial charge on any atom is 0.243 e. The predicted molar refractivity (Wildman–Crippen MR) is 143 cm³/mol. The molecule has 40 heavy (non-hydrogen) atoms. The fourth-order valence-electron chi connectivity index (χ4n) is 4.63. The molecule has 212 valence electrons. The summed E-state index contributed by atoms with van der Waals surface area (Å²) in [5, 5.41) is 17.0. The van der Waals surface area contributed by atoms with Gasteiger partial charge in [-0.1, -0.05) is 30.7 Å². The summed E-state index contributed by atoms with van der Waals surface area (Å²) >= 11 is 0. The lowest BCUT2D eigenvalue weighted by Gasteiger charge is -2.34. The van der Waals surface area contributed by atoms with E-state index in [0.29, 0.717) is 34.3 Å². The van der Waals surface area contributed by atoms with Gasteiger partial charge in [-0.3, -0.25) is 9.59 Å². The first kappa shape index (κ1) is 29.1. The van der Waals surface area contributed by atoms with E-state index in [1.165, 1.54) is 67.0 Å². The van der Waals surface area contributed by atoms with Gasteiger partial charge in [0.2, 0.25) is 21.8 Å². The summed E-state index contributed by atoms with van der Waals surface area (Å²) in [6.07, 6.45) is 4.11. The van der Waals surface area contributed by atoms with Gasteiger partial charge in [0.1, 0.15) is 23.7 Å². The summed E-state index contributed by atoms with van der Waals surface area (Å²) in [7, 11) is -3.94. The van der Waals surface area contributed by atoms with Gasteiger partial charge >= 0.3 is 0 Å². The molecule has 2 N–H and O–H groups in total. The van der Waals surface area contributed by atoms with Crippen LogP contribution >= 0.6 is 0 Å². The highest BCUT2D eigenvalue weighted by Crippen LogP contribution is 2.24. The van der Waals surface area contributed by atoms with Crippen molar-refractivity contribution in [1.82, 2.24) is 14.9 Å². The van der Waals surface area contributed by atoms with Crippen molar-refractivity contribution in [3.63, 3.8) is 0 Å². The summed E-state index contributed by atoms with van der Waals surface area (Å²) in [5.74, 6) is -2.50. The first-order valence-electron chi connectivity index (χ1n) is 12.8. The quantitative estimate of drug-likeness (QED) is 0.285. The van der Waals surface area contributed by atoms with Crippen molar-refractivity contribution < 1.29 is 31.5 Å². The number of carbonyl (C=O) groups is 2. The monoisotopic (exact) mass is 572 g/mol. The van der Waals surface area contributed by atoms with Crippen molar-refractivity contribution in [1.29, 1.82) is 0 Å². The lowest BCUT2D eigenvalue weighted by atomic mass is 10.0. The van der Waals surface area contributed by atoms with Crippen molar-refractivity contribution in [2.75, 3.05) is 6.54 Å². The van der Waals surface area contributed by atoms with E-state index in [0.717, 1.165) is 4.31 Å². The highest BCUT2D eigenvalue weighted by molar-refractivity contribution is 7.88. The average Bonchev–Trinajstić information content (AvgIpc) is 2.93. The second-order valence-electron chi connectivity index (χ2n) is 9.69. The van der Waals surface area contributed by atoms with E-state index >= 15 is 0 Å². The molecule has 1 aliphatic rings. The number of sulfonamides is 1. The molecular weight excluding hydrogens is 542 g/mol. The molecule has 2 heterocycles. The van der Waals surface area contributed by atoms with E-state index in [-0.39, 0.29) is 25.9 Å². The Morgan fingerprint density at radius 1 is 0.975 bits per heavy atom. The first-order chi connectivity index (χ1) is 19.1. The highest BCUT2D eigenvalue weighted by atomic mass is 32.2. The molecule has 1 saturated heterocycles. The predicted octanol–water partition coefficient (Wildman–Crippen LogP) is 2.33. The van der Waals surface area contributed by atoms with Crippen LogP contribution < -0.4 is 15.4 Å². The largest absolute Gasteiger partial charge is 0.619 e. The van der Waals surface area contributed by atoms with E-state index in [1.807, 2.05) is 0 Å². The summed E-state index contributed by atoms with van der Waals surface area (Å²) in [4.78, 5) is 26.7. The van der Waals surface area contributed by atoms with Crippen LogP contribution in [-0.2, 0) is 38.3 Å². The molecule has 9 nitrogen and oxygen atoms in total. The topological polar surface area (TPSA) is 123 Å². The van der Waals surface area contributed by atoms with Crippen LogP contribution in [0.5, 0.6) is 0 Å². The van der Waals surface area contributed by atoms with Crippen molar-refractivity contribution in [2.24, 2.45) is 0 Å². The van der Waals surface area contributed by atoms with Crippen LogP contribution in [-0.4, -0.2) is 43.2 Å². The van der Waals surface area contributed by atoms with Gasteiger partial charge in [-0.2, -0.15) is 9.04 Å². The molecule has 0 radical (unpaired) electrons. The molecule has 4 rings (SSSR count). The van der Waals surface area contributed by atoms with Gasteiger partial charge in [-0.25, -0.2) is 17.2 Å². The van der Waals surface area contributed by atoms with Crippen molar-refractivity contribution in [3.8, 4) is 0 Å². The number of pyridine rings is 1. The van der Waals surface area contributed by atoms with Crippen LogP contribution in [0.15, 0.2) is 73.1 Å². The third-order valence-electron chi connectivity index (χ3n) is 6.67. The zero-order valence-corrected chi connectivity index (χ0v) is 22.4. The van der Waals surface area contributed by atoms with Crippen molar-refractivity contribution in [2.45, 2.75) is 50.1 Å². The Kier molecular flexibility index (Phi) is 9.43. The second-order valence-corrected chi connectivity index (χ2v) is 11.6. The molecular formula is C28H30F2N4O5S. The van der Waals surface area contributed by atoms with Gasteiger partial charge in [0.25, 0.3) is 0 Å². The fourth-order valence-corrected chi connectivity index (χ4v) is 6.40. The normalized spacial score (nSPS) is 16.7. The van der Waals surface area contributed by atoms with Crippen molar-refractivity contribution >= 4 is 21.8 Å². The van der Waals surface area contributed by atoms with Crippen LogP contribution in [0.3, 0.4) is 0 Å². The molecule has 1 aromatic heterocycles. The number of rotatable bonds is 10. The SMILES string of the molecule is O=C(NCc1ccc[n+]([O-])c1)[C@H](Cc1ccc(F)cc1)NC(=O)[C@@H]1CCCCN1S(=O)(=O)Cc1ccc(F)cc1. The lowest BCUT2D eigenvalue weighted by molar-refractivity contribution is -0.605. The molecule has 0 spiro atoms. The molecule has 3 aromatic rings. The van der Waals surface area contributed by atoms with Gasteiger partial charge in [0.05, 0.1) is 5.75 Å². The van der Waals surface area contributed by atoms with E-state index < -0.39 is 51.3 Å². The Hall–Kier alpha value is -3.90. The van der Waals surface area contributed by atoms with Crippen molar-refractivity contribution in [3.05, 3.63) is 107 Å². The third-order valence-corrected chi connectivity index (χ3v) is 8.51. The smallest absolute Gasteiger partial charge is 0.243 e. The zero-order chi connectivity index (χ0) is 28.7. The molecule has 0 saturated carbocycles. The Morgan fingerprint density at radius 2 is 1.62 bits per heavy atom. The molecule has 2 amide bonds. The highest BCUT2D eigenvalue weighted by Gasteiger charge is 2.38. The minimum atomic E-state index is -3.94. The number of amides is 2. The minimum absolute atomic E-state index is 0.0271. The zero-order valence-electron chi connectivity index (χ0n) is 21.6. The summed E-state index contributed by atoms with van der Waals surface area (Å²) in [6, 6.07) is 11.7. The number of nitrogens with one attached hydrogen (secondary N) is 2. The maximum absolute atomic E-state index is 13.5. The molecule has 2 aromatic carbocycles. The average molecular weight is 573 g/mol. The second kappa shape index (κ2) is 13.0. The van der Waals surface area contributed by atoms with Gasteiger partial charge in [0.15, 0.2) is 12.4 Å². The van der Waals surface area contributed by atoms with Crippen LogP contribution in [0.4, 0.5) is 8.78 Å². The number of piperidine rings is 1. The Labute approximate surface area is 231 Å². The number of aromatic nitrogens is 1. The number of benzene rings is 2. The first-order valence-corrected chi connectivity index (χ1v) is 14.5. The van der Waals surface area contributed by atoms with Crippen LogP contribution in [0.1, 0.15) is 36.0 Å². The minimum Gasteiger partial charge on any atom is -0.619 e. The van der Waals surface area contributed by atoms with Crippen LogP contribution in [0.2, 0.25) is 0 Å². The molecule has 0 aliphatic carbocycles. The van der Waals surface area contributed by atoms with E-state index in [1.54, 1.807) is 6.07 Å². The number of carbonyl (C=O) groups excluding carboxylic acids is 2. The van der Waals surface area contributed by atoms with E-state index in [2.05, 4.69) is 10.6 Å². The van der Waals surface area contributed by atoms with Gasteiger partial charge in [-0.15, -0.1) is 0 Å². The Bertz CT molecular complexity index is 1440. The third kappa shape index (κ3) is 7.82. The van der Waals surface area contributed by atoms with Crippen LogP contribution in [0, 0.1) is 16.8 Å². The lowest BCUT2D eigenvalue weighted by Crippen LogP contribution is -2.56. The molecule has 1 aliphatic heterocycles. The molecule has 0 unspecified atom stereocenters. The fraction of sp³-hybridized carbons (Fsp3) is 0.321. The molecule has 0 bridgehead atoms. The van der Waals surface area contributed by atoms with E-state index in [9.17, 15) is 32.0 Å². The molecule has 1 fully saturated rings. The molecule has 2 atom stereocenters. The number of hydrogen-bond acceptors (Lipinski definition) is 5. The number of nitrogens with zero attached hydrogens (tertiary/aromatic N) is 2. The Balaban J connectivity index is 1.51. The summed E-state index contributed by atoms with van der Waals surface area (Å²) in [5.41, 5.74) is 1.52. The van der Waals surface area contributed by atoms with Gasteiger partial charge in [-0.05, 0) is 54.3 Å². The van der Waals surface area contributed by atoms with Gasteiger partial charge in [0, 0.05) is 31.1 Å². The van der Waals surface area contributed by atoms with Crippen LogP contribution in [0.25, 0.3) is 0 Å². The Morgan fingerprint density at radius 3 is 2.27 bits per heavy atom. The molecule has 12 heteroatoms. The number of halogens is 2. The summed E-state index contributed by atoms with van der Waals surface area (Å²) < 4.78 is 55.1. The maximum atomic E-state index is 13.5. The van der Waals surface area contributed by atoms with Gasteiger partial charge < -0.3 is 15.8 Å².